The van der Waals surface area contributed by atoms with Crippen LogP contribution in [0.2, 0.25) is 0 Å². The van der Waals surface area contributed by atoms with Gasteiger partial charge in [-0.2, -0.15) is 0 Å². The van der Waals surface area contributed by atoms with Crippen molar-refractivity contribution in [2.45, 2.75) is 31.7 Å². The van der Waals surface area contributed by atoms with Crippen LogP contribution >= 0.6 is 11.3 Å². The maximum Gasteiger partial charge on any atom is 0.573 e. The Morgan fingerprint density at radius 2 is 2.29 bits per heavy atom. The maximum atomic E-state index is 12.2. The zero-order valence-corrected chi connectivity index (χ0v) is 13.7. The fourth-order valence-electron chi connectivity index (χ4n) is 2.78. The Bertz CT molecular complexity index is 747. The fraction of sp³-hybridized carbons (Fsp3) is 0.467. The van der Waals surface area contributed by atoms with E-state index in [0.717, 1.165) is 30.7 Å². The first kappa shape index (κ1) is 17.0. The topological polar surface area (TPSA) is 54.5 Å². The number of hydrogen-bond acceptors (Lipinski definition) is 5. The van der Waals surface area contributed by atoms with E-state index in [2.05, 4.69) is 19.9 Å². The normalized spacial score (nSPS) is 18.9. The van der Waals surface area contributed by atoms with Crippen molar-refractivity contribution in [1.29, 1.82) is 0 Å². The Balaban J connectivity index is 1.67. The largest absolute Gasteiger partial charge is 0.573 e. The van der Waals surface area contributed by atoms with Crippen molar-refractivity contribution >= 4 is 32.6 Å². The van der Waals surface area contributed by atoms with Gasteiger partial charge in [-0.3, -0.25) is 4.79 Å². The minimum absolute atomic E-state index is 0.139. The quantitative estimate of drug-likeness (QED) is 0.906. The molecule has 0 saturated carbocycles. The van der Waals surface area contributed by atoms with Gasteiger partial charge in [0.2, 0.25) is 5.91 Å². The van der Waals surface area contributed by atoms with Gasteiger partial charge in [0.25, 0.3) is 0 Å². The van der Waals surface area contributed by atoms with E-state index in [4.69, 9.17) is 0 Å². The number of carbonyl (C=O) groups is 1. The van der Waals surface area contributed by atoms with Gasteiger partial charge < -0.3 is 15.0 Å². The van der Waals surface area contributed by atoms with Crippen LogP contribution in [0.3, 0.4) is 0 Å². The summed E-state index contributed by atoms with van der Waals surface area (Å²) in [6.07, 6.45) is -2.28. The lowest BCUT2D eigenvalue weighted by Crippen LogP contribution is -2.29. The molecule has 0 radical (unpaired) electrons. The van der Waals surface area contributed by atoms with Crippen LogP contribution in [0.4, 0.5) is 18.3 Å². The Labute approximate surface area is 140 Å². The highest BCUT2D eigenvalue weighted by Gasteiger charge is 2.31. The van der Waals surface area contributed by atoms with Crippen molar-refractivity contribution in [3.8, 4) is 5.75 Å². The van der Waals surface area contributed by atoms with Crippen LogP contribution in [0.5, 0.6) is 5.75 Å². The van der Waals surface area contributed by atoms with Crippen molar-refractivity contribution < 1.29 is 22.7 Å². The minimum atomic E-state index is -4.73. The molecule has 1 aliphatic rings. The third-order valence-electron chi connectivity index (χ3n) is 3.93. The molecule has 1 amide bonds. The average molecular weight is 359 g/mol. The van der Waals surface area contributed by atoms with E-state index in [-0.39, 0.29) is 17.7 Å². The predicted octanol–water partition coefficient (Wildman–Crippen LogP) is 3.62. The van der Waals surface area contributed by atoms with Gasteiger partial charge in [0.1, 0.15) is 5.75 Å². The second kappa shape index (κ2) is 6.56. The van der Waals surface area contributed by atoms with Gasteiger partial charge in [0.15, 0.2) is 5.13 Å². The number of benzene rings is 1. The van der Waals surface area contributed by atoms with Crippen molar-refractivity contribution in [3.05, 3.63) is 18.2 Å². The first-order chi connectivity index (χ1) is 11.3. The van der Waals surface area contributed by atoms with Gasteiger partial charge in [-0.25, -0.2) is 4.98 Å². The summed E-state index contributed by atoms with van der Waals surface area (Å²) in [5, 5.41) is 3.10. The molecule has 24 heavy (non-hydrogen) atoms. The van der Waals surface area contributed by atoms with Gasteiger partial charge in [-0.05, 0) is 38.6 Å². The molecule has 0 spiro atoms. The van der Waals surface area contributed by atoms with Gasteiger partial charge in [0, 0.05) is 18.5 Å². The third kappa shape index (κ3) is 4.15. The lowest BCUT2D eigenvalue weighted by molar-refractivity contribution is -0.274. The first-order valence-electron chi connectivity index (χ1n) is 7.46. The molecule has 0 bridgehead atoms. The summed E-state index contributed by atoms with van der Waals surface area (Å²) in [5.41, 5.74) is 0.516. The van der Waals surface area contributed by atoms with E-state index in [9.17, 15) is 18.0 Å². The molecule has 1 saturated heterocycles. The van der Waals surface area contributed by atoms with E-state index in [0.29, 0.717) is 21.8 Å². The Morgan fingerprint density at radius 1 is 1.50 bits per heavy atom. The number of fused-ring (bicyclic) bond motifs is 1. The number of halogens is 3. The van der Waals surface area contributed by atoms with Crippen LogP contribution < -0.4 is 10.1 Å². The van der Waals surface area contributed by atoms with E-state index in [1.807, 2.05) is 7.05 Å². The monoisotopic (exact) mass is 359 g/mol. The molecule has 1 aromatic heterocycles. The molecule has 2 aromatic rings. The molecular weight excluding hydrogens is 343 g/mol. The second-order valence-corrected chi connectivity index (χ2v) is 6.76. The SMILES string of the molecule is CN1CCC[C@H]1CC(=O)Nc1nc2ccc(OC(F)(F)F)cc2s1. The van der Waals surface area contributed by atoms with E-state index in [1.54, 1.807) is 0 Å². The molecule has 130 valence electrons. The predicted molar refractivity (Wildman–Crippen MR) is 85.2 cm³/mol. The smallest absolute Gasteiger partial charge is 0.406 e. The van der Waals surface area contributed by atoms with Gasteiger partial charge in [-0.15, -0.1) is 13.2 Å². The van der Waals surface area contributed by atoms with Crippen molar-refractivity contribution in [2.75, 3.05) is 18.9 Å². The zero-order valence-electron chi connectivity index (χ0n) is 12.9. The summed E-state index contributed by atoms with van der Waals surface area (Å²) >= 11 is 1.12. The van der Waals surface area contributed by atoms with E-state index < -0.39 is 6.36 Å². The summed E-state index contributed by atoms with van der Waals surface area (Å²) in [6.45, 7) is 0.987. The Kier molecular flexibility index (Phi) is 4.64. The number of rotatable bonds is 4. The van der Waals surface area contributed by atoms with Crippen LogP contribution in [0.1, 0.15) is 19.3 Å². The average Bonchev–Trinajstić information content (AvgIpc) is 3.03. The molecule has 9 heteroatoms. The molecule has 1 aromatic carbocycles. The van der Waals surface area contributed by atoms with E-state index in [1.165, 1.54) is 18.2 Å². The Morgan fingerprint density at radius 3 is 2.96 bits per heavy atom. The molecule has 2 heterocycles. The molecule has 1 N–H and O–H groups in total. The minimum Gasteiger partial charge on any atom is -0.406 e. The summed E-state index contributed by atoms with van der Waals surface area (Å²) in [7, 11) is 1.99. The highest BCUT2D eigenvalue weighted by molar-refractivity contribution is 7.22. The lowest BCUT2D eigenvalue weighted by atomic mass is 10.1. The number of aromatic nitrogens is 1. The van der Waals surface area contributed by atoms with Crippen LogP contribution in [0, 0.1) is 0 Å². The number of nitrogens with zero attached hydrogens (tertiary/aromatic N) is 2. The Hall–Kier alpha value is -1.87. The maximum absolute atomic E-state index is 12.2. The number of hydrogen-bond donors (Lipinski definition) is 1. The molecular formula is C15H16F3N3O2S. The summed E-state index contributed by atoms with van der Waals surface area (Å²) in [4.78, 5) is 18.5. The fourth-order valence-corrected chi connectivity index (χ4v) is 3.69. The molecule has 1 aliphatic heterocycles. The van der Waals surface area contributed by atoms with Gasteiger partial charge in [-0.1, -0.05) is 11.3 Å². The molecule has 1 atom stereocenters. The second-order valence-electron chi connectivity index (χ2n) is 5.73. The standard InChI is InChI=1S/C15H16F3N3O2S/c1-21-6-2-3-9(21)7-13(22)20-14-19-11-5-4-10(8-12(11)24-14)23-15(16,17)18/h4-5,8-9H,2-3,6-7H2,1H3,(H,19,20,22)/t9-/m0/s1. The number of amides is 1. The summed E-state index contributed by atoms with van der Waals surface area (Å²) in [5.74, 6) is -0.441. The van der Waals surface area contributed by atoms with Crippen molar-refractivity contribution in [1.82, 2.24) is 9.88 Å². The zero-order chi connectivity index (χ0) is 17.3. The lowest BCUT2D eigenvalue weighted by Gasteiger charge is -2.18. The number of alkyl halides is 3. The number of carbonyl (C=O) groups excluding carboxylic acids is 1. The first-order valence-corrected chi connectivity index (χ1v) is 8.28. The third-order valence-corrected chi connectivity index (χ3v) is 4.87. The number of thiazole rings is 1. The molecule has 1 fully saturated rings. The van der Waals surface area contributed by atoms with Gasteiger partial charge >= 0.3 is 6.36 Å². The van der Waals surface area contributed by atoms with Crippen molar-refractivity contribution in [3.63, 3.8) is 0 Å². The van der Waals surface area contributed by atoms with Crippen LogP contribution in [0.25, 0.3) is 10.2 Å². The highest BCUT2D eigenvalue weighted by atomic mass is 32.1. The number of nitrogens with one attached hydrogen (secondary N) is 1. The molecule has 5 nitrogen and oxygen atoms in total. The number of anilines is 1. The summed E-state index contributed by atoms with van der Waals surface area (Å²) in [6, 6.07) is 4.13. The number of likely N-dealkylation sites (tertiary alicyclic amines) is 1. The molecule has 0 unspecified atom stereocenters. The summed E-state index contributed by atoms with van der Waals surface area (Å²) < 4.78 is 41.2. The van der Waals surface area contributed by atoms with Crippen LogP contribution in [0.15, 0.2) is 18.2 Å². The van der Waals surface area contributed by atoms with Crippen LogP contribution in [-0.4, -0.2) is 41.8 Å². The molecule has 0 aliphatic carbocycles. The number of ether oxygens (including phenoxy) is 1. The highest BCUT2D eigenvalue weighted by Crippen LogP contribution is 2.31. The van der Waals surface area contributed by atoms with Crippen LogP contribution in [-0.2, 0) is 4.79 Å². The van der Waals surface area contributed by atoms with Gasteiger partial charge in [0.05, 0.1) is 10.2 Å². The van der Waals surface area contributed by atoms with Crippen molar-refractivity contribution in [2.24, 2.45) is 0 Å². The molecule has 3 rings (SSSR count). The van der Waals surface area contributed by atoms with E-state index >= 15 is 0 Å².